The summed E-state index contributed by atoms with van der Waals surface area (Å²) in [6.45, 7) is 1.42. The minimum absolute atomic E-state index is 0.00909. The van der Waals surface area contributed by atoms with Gasteiger partial charge in [0.15, 0.2) is 6.61 Å². The topological polar surface area (TPSA) is 41.6 Å². The number of carbonyl (C=O) groups is 1. The lowest BCUT2D eigenvalue weighted by molar-refractivity contribution is -0.123. The molecule has 0 unspecified atom stereocenters. The van der Waals surface area contributed by atoms with Gasteiger partial charge in [0, 0.05) is 17.6 Å². The van der Waals surface area contributed by atoms with Crippen molar-refractivity contribution >= 4 is 21.8 Å². The molecule has 2 rings (SSSR count). The maximum Gasteiger partial charge on any atom is 0.258 e. The molecule has 0 saturated heterocycles. The summed E-state index contributed by atoms with van der Waals surface area (Å²) in [4.78, 5) is 14.0. The lowest BCUT2D eigenvalue weighted by Crippen LogP contribution is -2.28. The highest BCUT2D eigenvalue weighted by molar-refractivity contribution is 9.10. The minimum atomic E-state index is -0.137. The highest BCUT2D eigenvalue weighted by Gasteiger charge is 2.04. The van der Waals surface area contributed by atoms with Crippen molar-refractivity contribution in [2.24, 2.45) is 0 Å². The molecule has 2 aromatic carbocycles. The Kier molecular flexibility index (Phi) is 6.62. The predicted molar refractivity (Wildman–Crippen MR) is 95.3 cm³/mol. The van der Waals surface area contributed by atoms with Gasteiger partial charge in [-0.15, -0.1) is 0 Å². The van der Waals surface area contributed by atoms with Crippen LogP contribution in [0.4, 0.5) is 0 Å². The third-order valence-corrected chi connectivity index (χ3v) is 3.67. The van der Waals surface area contributed by atoms with Crippen LogP contribution in [0, 0.1) is 0 Å². The van der Waals surface area contributed by atoms with Crippen molar-refractivity contribution < 1.29 is 9.53 Å². The largest absolute Gasteiger partial charge is 0.484 e. The monoisotopic (exact) mass is 376 g/mol. The first kappa shape index (κ1) is 17.5. The fourth-order valence-electron chi connectivity index (χ4n) is 2.09. The molecule has 0 aliphatic rings. The number of halogens is 1. The molecular formula is C18H21BrN2O2. The van der Waals surface area contributed by atoms with Crippen LogP contribution in [-0.2, 0) is 17.9 Å². The van der Waals surface area contributed by atoms with Gasteiger partial charge in [-0.3, -0.25) is 4.79 Å². The van der Waals surface area contributed by atoms with Crippen LogP contribution in [-0.4, -0.2) is 31.5 Å². The van der Waals surface area contributed by atoms with E-state index in [1.165, 1.54) is 5.56 Å². The van der Waals surface area contributed by atoms with Gasteiger partial charge in [-0.25, -0.2) is 0 Å². The summed E-state index contributed by atoms with van der Waals surface area (Å²) >= 11 is 3.37. The molecule has 0 radical (unpaired) electrons. The standard InChI is InChI=1S/C18H21BrN2O2/c1-21(2)12-15-8-6-14(7-9-15)11-20-18(22)13-23-17-5-3-4-16(19)10-17/h3-10H,11-13H2,1-2H3,(H,20,22). The van der Waals surface area contributed by atoms with E-state index < -0.39 is 0 Å². The van der Waals surface area contributed by atoms with Crippen LogP contribution in [0.25, 0.3) is 0 Å². The first-order valence-electron chi connectivity index (χ1n) is 7.40. The average molecular weight is 377 g/mol. The molecule has 0 atom stereocenters. The van der Waals surface area contributed by atoms with Gasteiger partial charge in [0.1, 0.15) is 5.75 Å². The molecule has 0 fully saturated rings. The smallest absolute Gasteiger partial charge is 0.258 e. The lowest BCUT2D eigenvalue weighted by Gasteiger charge is -2.11. The van der Waals surface area contributed by atoms with E-state index in [0.29, 0.717) is 12.3 Å². The molecule has 4 nitrogen and oxygen atoms in total. The van der Waals surface area contributed by atoms with Gasteiger partial charge >= 0.3 is 0 Å². The average Bonchev–Trinajstić information content (AvgIpc) is 2.52. The van der Waals surface area contributed by atoms with Gasteiger partial charge in [-0.2, -0.15) is 0 Å². The summed E-state index contributed by atoms with van der Waals surface area (Å²) in [5.74, 6) is 0.532. The fraction of sp³-hybridized carbons (Fsp3) is 0.278. The fourth-order valence-corrected chi connectivity index (χ4v) is 2.46. The molecule has 0 aliphatic carbocycles. The number of hydrogen-bond donors (Lipinski definition) is 1. The van der Waals surface area contributed by atoms with Crippen molar-refractivity contribution in [3.8, 4) is 5.75 Å². The van der Waals surface area contributed by atoms with E-state index in [-0.39, 0.29) is 12.5 Å². The zero-order valence-electron chi connectivity index (χ0n) is 13.4. The van der Waals surface area contributed by atoms with Crippen LogP contribution in [0.2, 0.25) is 0 Å². The van der Waals surface area contributed by atoms with Gasteiger partial charge in [0.25, 0.3) is 5.91 Å². The van der Waals surface area contributed by atoms with Gasteiger partial charge in [0.05, 0.1) is 0 Å². The number of amides is 1. The molecule has 0 heterocycles. The minimum Gasteiger partial charge on any atom is -0.484 e. The summed E-state index contributed by atoms with van der Waals surface area (Å²) in [5.41, 5.74) is 2.33. The highest BCUT2D eigenvalue weighted by Crippen LogP contribution is 2.17. The van der Waals surface area contributed by atoms with E-state index in [2.05, 4.69) is 38.3 Å². The third-order valence-electron chi connectivity index (χ3n) is 3.18. The summed E-state index contributed by atoms with van der Waals surface area (Å²) < 4.78 is 6.38. The Labute approximate surface area is 145 Å². The molecule has 0 aliphatic heterocycles. The maximum atomic E-state index is 11.8. The van der Waals surface area contributed by atoms with Crippen LogP contribution < -0.4 is 10.1 Å². The van der Waals surface area contributed by atoms with E-state index in [9.17, 15) is 4.79 Å². The summed E-state index contributed by atoms with van der Waals surface area (Å²) in [7, 11) is 4.08. The molecule has 23 heavy (non-hydrogen) atoms. The van der Waals surface area contributed by atoms with E-state index in [4.69, 9.17) is 4.74 Å². The molecule has 0 bridgehead atoms. The molecule has 1 amide bonds. The molecule has 0 aromatic heterocycles. The second-order valence-electron chi connectivity index (χ2n) is 5.58. The van der Waals surface area contributed by atoms with Gasteiger partial charge in [0.2, 0.25) is 0 Å². The zero-order valence-corrected chi connectivity index (χ0v) is 15.0. The lowest BCUT2D eigenvalue weighted by atomic mass is 10.1. The van der Waals surface area contributed by atoms with Crippen molar-refractivity contribution in [1.29, 1.82) is 0 Å². The summed E-state index contributed by atoms with van der Waals surface area (Å²) in [5, 5.41) is 2.86. The number of carbonyl (C=O) groups excluding carboxylic acids is 1. The first-order valence-corrected chi connectivity index (χ1v) is 8.20. The van der Waals surface area contributed by atoms with E-state index >= 15 is 0 Å². The number of hydrogen-bond acceptors (Lipinski definition) is 3. The molecule has 0 spiro atoms. The Morgan fingerprint density at radius 3 is 2.48 bits per heavy atom. The quantitative estimate of drug-likeness (QED) is 0.806. The van der Waals surface area contributed by atoms with E-state index in [1.54, 1.807) is 0 Å². The number of rotatable bonds is 7. The van der Waals surface area contributed by atoms with Gasteiger partial charge in [-0.1, -0.05) is 46.3 Å². The van der Waals surface area contributed by atoms with Crippen LogP contribution >= 0.6 is 15.9 Å². The molecule has 2 aromatic rings. The third kappa shape index (κ3) is 6.42. The second-order valence-corrected chi connectivity index (χ2v) is 6.49. The number of nitrogens with zero attached hydrogens (tertiary/aromatic N) is 1. The van der Waals surface area contributed by atoms with Gasteiger partial charge < -0.3 is 15.0 Å². The van der Waals surface area contributed by atoms with Crippen molar-refractivity contribution in [3.63, 3.8) is 0 Å². The van der Waals surface area contributed by atoms with E-state index in [0.717, 1.165) is 16.6 Å². The van der Waals surface area contributed by atoms with Crippen molar-refractivity contribution in [3.05, 3.63) is 64.1 Å². The number of benzene rings is 2. The number of nitrogens with one attached hydrogen (secondary N) is 1. The summed E-state index contributed by atoms with van der Waals surface area (Å²) in [6.07, 6.45) is 0. The molecule has 1 N–H and O–H groups in total. The summed E-state index contributed by atoms with van der Waals surface area (Å²) in [6, 6.07) is 15.7. The van der Waals surface area contributed by atoms with Crippen molar-refractivity contribution in [2.75, 3.05) is 20.7 Å². The normalized spacial score (nSPS) is 10.6. The molecule has 122 valence electrons. The number of ether oxygens (including phenoxy) is 1. The second kappa shape index (κ2) is 8.70. The van der Waals surface area contributed by atoms with Crippen LogP contribution in [0.15, 0.2) is 53.0 Å². The molecule has 5 heteroatoms. The first-order chi connectivity index (χ1) is 11.0. The zero-order chi connectivity index (χ0) is 16.7. The Hall–Kier alpha value is -1.85. The maximum absolute atomic E-state index is 11.8. The van der Waals surface area contributed by atoms with Crippen LogP contribution in [0.1, 0.15) is 11.1 Å². The molecule has 0 saturated carbocycles. The highest BCUT2D eigenvalue weighted by atomic mass is 79.9. The SMILES string of the molecule is CN(C)Cc1ccc(CNC(=O)COc2cccc(Br)c2)cc1. The van der Waals surface area contributed by atoms with E-state index in [1.807, 2.05) is 50.5 Å². The van der Waals surface area contributed by atoms with Crippen LogP contribution in [0.3, 0.4) is 0 Å². The van der Waals surface area contributed by atoms with Crippen molar-refractivity contribution in [2.45, 2.75) is 13.1 Å². The van der Waals surface area contributed by atoms with Crippen molar-refractivity contribution in [1.82, 2.24) is 10.2 Å². The van der Waals surface area contributed by atoms with Crippen LogP contribution in [0.5, 0.6) is 5.75 Å². The Morgan fingerprint density at radius 2 is 1.83 bits per heavy atom. The Balaban J connectivity index is 1.75. The Morgan fingerprint density at radius 1 is 1.13 bits per heavy atom. The predicted octanol–water partition coefficient (Wildman–Crippen LogP) is 3.21. The van der Waals surface area contributed by atoms with Gasteiger partial charge in [-0.05, 0) is 43.4 Å². The molecular weight excluding hydrogens is 356 g/mol. The Bertz CT molecular complexity index is 642.